The zero-order valence-corrected chi connectivity index (χ0v) is 36.4. The van der Waals surface area contributed by atoms with Crippen molar-refractivity contribution in [1.29, 1.82) is 0 Å². The number of aliphatic hydroxyl groups is 4. The number of carbonyl (C=O) groups excluding carboxylic acids is 1. The molecule has 0 aliphatic heterocycles. The third-order valence-corrected chi connectivity index (χ3v) is 11.1. The molecule has 5 N–H and O–H groups in total. The van der Waals surface area contributed by atoms with Crippen LogP contribution < -0.4 is 5.32 Å². The minimum Gasteiger partial charge on any atom is -0.394 e. The first-order chi connectivity index (χ1) is 27.0. The van der Waals surface area contributed by atoms with Crippen molar-refractivity contribution in [1.82, 2.24) is 5.32 Å². The quantitative estimate of drug-likeness (QED) is 0.0313. The fourth-order valence-electron chi connectivity index (χ4n) is 7.24. The van der Waals surface area contributed by atoms with E-state index in [9.17, 15) is 25.2 Å². The van der Waals surface area contributed by atoms with Gasteiger partial charge in [-0.15, -0.1) is 0 Å². The largest absolute Gasteiger partial charge is 0.394 e. The van der Waals surface area contributed by atoms with Crippen LogP contribution in [0.1, 0.15) is 239 Å². The van der Waals surface area contributed by atoms with Crippen LogP contribution in [0, 0.1) is 0 Å². The highest BCUT2D eigenvalue weighted by atomic mass is 16.3. The highest BCUT2D eigenvalue weighted by Gasteiger charge is 2.28. The van der Waals surface area contributed by atoms with E-state index < -0.39 is 36.9 Å². The summed E-state index contributed by atoms with van der Waals surface area (Å²) in [4.78, 5) is 12.5. The molecule has 0 heterocycles. The maximum atomic E-state index is 12.5. The highest BCUT2D eigenvalue weighted by molar-refractivity contribution is 5.80. The lowest BCUT2D eigenvalue weighted by Gasteiger charge is -2.27. The van der Waals surface area contributed by atoms with Gasteiger partial charge in [0.05, 0.1) is 18.8 Å². The van der Waals surface area contributed by atoms with E-state index in [1.807, 2.05) is 0 Å². The number of unbranched alkanes of at least 4 members (excludes halogenated alkanes) is 28. The summed E-state index contributed by atoms with van der Waals surface area (Å²) in [6, 6.07) is -1.01. The van der Waals surface area contributed by atoms with Crippen molar-refractivity contribution in [3.8, 4) is 0 Å². The first kappa shape index (κ1) is 53.5. The molecule has 0 spiro atoms. The van der Waals surface area contributed by atoms with Crippen LogP contribution in [0.3, 0.4) is 0 Å². The molecule has 6 heteroatoms. The fraction of sp³-hybridized carbons (Fsp3) is 0.857. The molecule has 4 unspecified atom stereocenters. The van der Waals surface area contributed by atoms with Crippen LogP contribution in [0.15, 0.2) is 36.5 Å². The molecule has 0 radical (unpaired) electrons. The van der Waals surface area contributed by atoms with Crippen LogP contribution in [0.25, 0.3) is 0 Å². The SMILES string of the molecule is CCCCCC/C=C/CC/C=C/CCCC(O)C(O)C(CO)NC(=O)C(O)CCCCCCCCCCCC/C=C\CCCCCCCCCCCCCC. The van der Waals surface area contributed by atoms with Crippen molar-refractivity contribution in [3.05, 3.63) is 36.5 Å². The molecule has 0 aromatic heterocycles. The summed E-state index contributed by atoms with van der Waals surface area (Å²) in [7, 11) is 0. The van der Waals surface area contributed by atoms with Gasteiger partial charge in [-0.2, -0.15) is 0 Å². The van der Waals surface area contributed by atoms with Crippen molar-refractivity contribution in [2.45, 2.75) is 263 Å². The van der Waals surface area contributed by atoms with Gasteiger partial charge in [-0.25, -0.2) is 0 Å². The molecule has 4 atom stereocenters. The normalized spacial score (nSPS) is 14.4. The van der Waals surface area contributed by atoms with Gasteiger partial charge in [-0.1, -0.05) is 198 Å². The second-order valence-electron chi connectivity index (χ2n) is 16.4. The summed E-state index contributed by atoms with van der Waals surface area (Å²) in [5.41, 5.74) is 0. The third kappa shape index (κ3) is 37.8. The second kappa shape index (κ2) is 43.6. The third-order valence-electron chi connectivity index (χ3n) is 11.1. The molecule has 0 bridgehead atoms. The van der Waals surface area contributed by atoms with E-state index in [-0.39, 0.29) is 0 Å². The maximum absolute atomic E-state index is 12.5. The summed E-state index contributed by atoms with van der Waals surface area (Å²) in [5, 5.41) is 43.6. The van der Waals surface area contributed by atoms with Crippen molar-refractivity contribution in [3.63, 3.8) is 0 Å². The second-order valence-corrected chi connectivity index (χ2v) is 16.4. The molecule has 0 aliphatic rings. The first-order valence-corrected chi connectivity index (χ1v) is 23.9. The van der Waals surface area contributed by atoms with Crippen molar-refractivity contribution in [2.75, 3.05) is 6.61 Å². The smallest absolute Gasteiger partial charge is 0.249 e. The zero-order valence-electron chi connectivity index (χ0n) is 36.4. The van der Waals surface area contributed by atoms with Gasteiger partial charge in [0.25, 0.3) is 0 Å². The number of nitrogens with one attached hydrogen (secondary N) is 1. The lowest BCUT2D eigenvalue weighted by molar-refractivity contribution is -0.132. The van der Waals surface area contributed by atoms with E-state index >= 15 is 0 Å². The van der Waals surface area contributed by atoms with Gasteiger partial charge in [-0.3, -0.25) is 4.79 Å². The molecule has 324 valence electrons. The summed E-state index contributed by atoms with van der Waals surface area (Å²) >= 11 is 0. The van der Waals surface area contributed by atoms with Gasteiger partial charge < -0.3 is 25.7 Å². The maximum Gasteiger partial charge on any atom is 0.249 e. The minimum absolute atomic E-state index is 0.359. The van der Waals surface area contributed by atoms with E-state index in [1.54, 1.807) is 0 Å². The van der Waals surface area contributed by atoms with Crippen molar-refractivity contribution < 1.29 is 25.2 Å². The van der Waals surface area contributed by atoms with Crippen LogP contribution >= 0.6 is 0 Å². The van der Waals surface area contributed by atoms with Crippen LogP contribution in [0.5, 0.6) is 0 Å². The van der Waals surface area contributed by atoms with E-state index in [0.29, 0.717) is 19.3 Å². The Labute approximate surface area is 341 Å². The van der Waals surface area contributed by atoms with E-state index in [4.69, 9.17) is 0 Å². The Bertz CT molecular complexity index is 873. The number of hydrogen-bond donors (Lipinski definition) is 5. The molecule has 0 rings (SSSR count). The Morgan fingerprint density at radius 3 is 1.16 bits per heavy atom. The molecule has 1 amide bonds. The summed E-state index contributed by atoms with van der Waals surface area (Å²) in [6.45, 7) is 4.02. The molecular formula is C49H93NO5. The molecule has 0 aromatic rings. The Hall–Kier alpha value is -1.47. The standard InChI is InChI=1S/C49H93NO5/c1-3-5-7-9-11-13-15-17-18-19-20-21-22-23-24-25-26-27-28-29-31-33-35-37-39-41-43-47(53)49(55)50-45(44-51)48(54)46(52)42-40-38-36-34-32-30-16-14-12-10-8-6-4-2/h14,16,23-24,34,36,45-48,51-54H,3-13,15,17-22,25-33,35,37-44H2,1-2H3,(H,50,55)/b16-14+,24-23-,36-34+. The average Bonchev–Trinajstić information content (AvgIpc) is 3.19. The van der Waals surface area contributed by atoms with Crippen LogP contribution in [0.2, 0.25) is 0 Å². The minimum atomic E-state index is -1.29. The Kier molecular flexibility index (Phi) is 42.5. The summed E-state index contributed by atoms with van der Waals surface area (Å²) in [6.07, 6.45) is 51.9. The highest BCUT2D eigenvalue weighted by Crippen LogP contribution is 2.16. The average molecular weight is 776 g/mol. The van der Waals surface area contributed by atoms with Crippen LogP contribution in [-0.4, -0.2) is 57.3 Å². The monoisotopic (exact) mass is 776 g/mol. The number of amides is 1. The molecule has 0 aliphatic carbocycles. The first-order valence-electron chi connectivity index (χ1n) is 23.9. The molecule has 0 aromatic carbocycles. The summed E-state index contributed by atoms with van der Waals surface area (Å²) < 4.78 is 0. The topological polar surface area (TPSA) is 110 Å². The Balaban J connectivity index is 3.69. The van der Waals surface area contributed by atoms with E-state index in [1.165, 1.54) is 161 Å². The predicted octanol–water partition coefficient (Wildman–Crippen LogP) is 12.9. The van der Waals surface area contributed by atoms with Gasteiger partial charge >= 0.3 is 0 Å². The van der Waals surface area contributed by atoms with Crippen LogP contribution in [0.4, 0.5) is 0 Å². The van der Waals surface area contributed by atoms with Gasteiger partial charge in [-0.05, 0) is 77.0 Å². The van der Waals surface area contributed by atoms with Crippen molar-refractivity contribution in [2.24, 2.45) is 0 Å². The molecular weight excluding hydrogens is 683 g/mol. The summed E-state index contributed by atoms with van der Waals surface area (Å²) in [5.74, 6) is -0.599. The lowest BCUT2D eigenvalue weighted by atomic mass is 10.00. The van der Waals surface area contributed by atoms with Gasteiger partial charge in [0.2, 0.25) is 5.91 Å². The number of rotatable bonds is 43. The Morgan fingerprint density at radius 2 is 0.764 bits per heavy atom. The molecule has 0 saturated heterocycles. The van der Waals surface area contributed by atoms with Crippen molar-refractivity contribution >= 4 is 5.91 Å². The van der Waals surface area contributed by atoms with Gasteiger partial charge in [0.15, 0.2) is 0 Å². The molecule has 0 saturated carbocycles. The zero-order chi connectivity index (χ0) is 40.3. The number of aliphatic hydroxyl groups excluding tert-OH is 4. The Morgan fingerprint density at radius 1 is 0.436 bits per heavy atom. The van der Waals surface area contributed by atoms with Crippen LogP contribution in [-0.2, 0) is 4.79 Å². The van der Waals surface area contributed by atoms with Gasteiger partial charge in [0, 0.05) is 0 Å². The molecule has 6 nitrogen and oxygen atoms in total. The van der Waals surface area contributed by atoms with Gasteiger partial charge in [0.1, 0.15) is 12.2 Å². The van der Waals surface area contributed by atoms with E-state index in [2.05, 4.69) is 55.6 Å². The fourth-order valence-corrected chi connectivity index (χ4v) is 7.24. The molecule has 0 fully saturated rings. The lowest BCUT2D eigenvalue weighted by Crippen LogP contribution is -2.53. The molecule has 55 heavy (non-hydrogen) atoms. The number of hydrogen-bond acceptors (Lipinski definition) is 5. The number of allylic oxidation sites excluding steroid dienone is 6. The number of carbonyl (C=O) groups is 1. The van der Waals surface area contributed by atoms with E-state index in [0.717, 1.165) is 44.9 Å². The predicted molar refractivity (Wildman–Crippen MR) is 237 cm³/mol.